The molecular formula is C17H28N2O. The second-order valence-electron chi connectivity index (χ2n) is 6.24. The molecule has 0 bridgehead atoms. The lowest BCUT2D eigenvalue weighted by Crippen LogP contribution is -2.36. The van der Waals surface area contributed by atoms with Crippen LogP contribution in [-0.2, 0) is 0 Å². The Hall–Kier alpha value is -1.06. The fourth-order valence-corrected chi connectivity index (χ4v) is 2.70. The van der Waals surface area contributed by atoms with E-state index in [1.54, 1.807) is 7.11 Å². The Morgan fingerprint density at radius 2 is 2.10 bits per heavy atom. The standard InChI is InChI=1S/C17H28N2O/c1-13(10-14-8-9-14)18-12-17(19(2)3)15-6-5-7-16(11-15)20-4/h5-7,11,13-14,17-18H,8-10,12H2,1-4H3. The van der Waals surface area contributed by atoms with Gasteiger partial charge in [-0.3, -0.25) is 0 Å². The molecule has 0 heterocycles. The van der Waals surface area contributed by atoms with Crippen molar-refractivity contribution < 1.29 is 4.74 Å². The largest absolute Gasteiger partial charge is 0.497 e. The molecule has 3 nitrogen and oxygen atoms in total. The van der Waals surface area contributed by atoms with E-state index < -0.39 is 0 Å². The molecule has 1 N–H and O–H groups in total. The number of ether oxygens (including phenoxy) is 1. The summed E-state index contributed by atoms with van der Waals surface area (Å²) >= 11 is 0. The highest BCUT2D eigenvalue weighted by atomic mass is 16.5. The maximum Gasteiger partial charge on any atom is 0.119 e. The van der Waals surface area contributed by atoms with Crippen molar-refractivity contribution >= 4 is 0 Å². The third kappa shape index (κ3) is 4.50. The minimum absolute atomic E-state index is 0.381. The van der Waals surface area contributed by atoms with Gasteiger partial charge in [-0.25, -0.2) is 0 Å². The van der Waals surface area contributed by atoms with Crippen LogP contribution in [0.25, 0.3) is 0 Å². The zero-order chi connectivity index (χ0) is 14.5. The van der Waals surface area contributed by atoms with Crippen molar-refractivity contribution in [1.82, 2.24) is 10.2 Å². The lowest BCUT2D eigenvalue weighted by Gasteiger charge is -2.27. The van der Waals surface area contributed by atoms with Crippen molar-refractivity contribution in [2.75, 3.05) is 27.7 Å². The van der Waals surface area contributed by atoms with E-state index in [1.165, 1.54) is 24.8 Å². The quantitative estimate of drug-likeness (QED) is 0.789. The van der Waals surface area contributed by atoms with Crippen LogP contribution in [-0.4, -0.2) is 38.7 Å². The number of likely N-dealkylation sites (N-methyl/N-ethyl adjacent to an activating group) is 1. The third-order valence-electron chi connectivity index (χ3n) is 4.15. The van der Waals surface area contributed by atoms with E-state index >= 15 is 0 Å². The van der Waals surface area contributed by atoms with Crippen molar-refractivity contribution in [3.05, 3.63) is 29.8 Å². The van der Waals surface area contributed by atoms with E-state index in [4.69, 9.17) is 4.74 Å². The maximum absolute atomic E-state index is 5.33. The fourth-order valence-electron chi connectivity index (χ4n) is 2.70. The van der Waals surface area contributed by atoms with Crippen LogP contribution in [0.15, 0.2) is 24.3 Å². The van der Waals surface area contributed by atoms with E-state index in [2.05, 4.69) is 49.4 Å². The SMILES string of the molecule is COc1cccc(C(CNC(C)CC2CC2)N(C)C)c1. The molecule has 0 saturated heterocycles. The van der Waals surface area contributed by atoms with Crippen molar-refractivity contribution in [2.24, 2.45) is 5.92 Å². The molecule has 1 aliphatic rings. The first-order valence-corrected chi connectivity index (χ1v) is 7.64. The number of nitrogens with one attached hydrogen (secondary N) is 1. The Kier molecular flexibility index (Phi) is 5.44. The summed E-state index contributed by atoms with van der Waals surface area (Å²) in [6.45, 7) is 3.28. The lowest BCUT2D eigenvalue weighted by atomic mass is 10.0. The van der Waals surface area contributed by atoms with Crippen LogP contribution in [0.2, 0.25) is 0 Å². The van der Waals surface area contributed by atoms with E-state index in [-0.39, 0.29) is 0 Å². The van der Waals surface area contributed by atoms with Crippen LogP contribution in [0.5, 0.6) is 5.75 Å². The molecule has 0 spiro atoms. The van der Waals surface area contributed by atoms with Gasteiger partial charge in [-0.15, -0.1) is 0 Å². The van der Waals surface area contributed by atoms with Crippen LogP contribution in [0.4, 0.5) is 0 Å². The van der Waals surface area contributed by atoms with Crippen LogP contribution in [0.1, 0.15) is 37.8 Å². The van der Waals surface area contributed by atoms with Crippen molar-refractivity contribution in [3.8, 4) is 5.75 Å². The predicted molar refractivity (Wildman–Crippen MR) is 84.2 cm³/mol. The van der Waals surface area contributed by atoms with Crippen LogP contribution in [0, 0.1) is 5.92 Å². The highest BCUT2D eigenvalue weighted by Gasteiger charge is 2.24. The Labute approximate surface area is 123 Å². The molecule has 2 unspecified atom stereocenters. The number of hydrogen-bond donors (Lipinski definition) is 1. The van der Waals surface area contributed by atoms with Gasteiger partial charge in [0.1, 0.15) is 5.75 Å². The molecular weight excluding hydrogens is 248 g/mol. The molecule has 3 heteroatoms. The van der Waals surface area contributed by atoms with Crippen LogP contribution >= 0.6 is 0 Å². The fraction of sp³-hybridized carbons (Fsp3) is 0.647. The number of benzene rings is 1. The molecule has 0 aromatic heterocycles. The van der Waals surface area contributed by atoms with Gasteiger partial charge in [0, 0.05) is 18.6 Å². The van der Waals surface area contributed by atoms with Gasteiger partial charge in [0.2, 0.25) is 0 Å². The first-order chi connectivity index (χ1) is 9.60. The summed E-state index contributed by atoms with van der Waals surface area (Å²) in [6.07, 6.45) is 4.18. The monoisotopic (exact) mass is 276 g/mol. The molecule has 0 radical (unpaired) electrons. The normalized spacial score (nSPS) is 18.1. The van der Waals surface area contributed by atoms with E-state index in [0.29, 0.717) is 12.1 Å². The minimum atomic E-state index is 0.381. The molecule has 1 fully saturated rings. The average molecular weight is 276 g/mol. The van der Waals surface area contributed by atoms with Crippen molar-refractivity contribution in [1.29, 1.82) is 0 Å². The van der Waals surface area contributed by atoms with Gasteiger partial charge in [-0.2, -0.15) is 0 Å². The summed E-state index contributed by atoms with van der Waals surface area (Å²) < 4.78 is 5.33. The maximum atomic E-state index is 5.33. The van der Waals surface area contributed by atoms with Crippen LogP contribution < -0.4 is 10.1 Å². The molecule has 1 saturated carbocycles. The summed E-state index contributed by atoms with van der Waals surface area (Å²) in [5.41, 5.74) is 1.31. The Morgan fingerprint density at radius 1 is 1.35 bits per heavy atom. The van der Waals surface area contributed by atoms with Gasteiger partial charge in [0.15, 0.2) is 0 Å². The summed E-state index contributed by atoms with van der Waals surface area (Å²) in [6, 6.07) is 9.37. The Balaban J connectivity index is 1.94. The van der Waals surface area contributed by atoms with Gasteiger partial charge in [-0.1, -0.05) is 25.0 Å². The molecule has 2 atom stereocenters. The number of hydrogen-bond acceptors (Lipinski definition) is 3. The van der Waals surface area contributed by atoms with Gasteiger partial charge >= 0.3 is 0 Å². The topological polar surface area (TPSA) is 24.5 Å². The zero-order valence-corrected chi connectivity index (χ0v) is 13.2. The number of methoxy groups -OCH3 is 1. The summed E-state index contributed by atoms with van der Waals surface area (Å²) in [7, 11) is 5.99. The molecule has 1 aliphatic carbocycles. The molecule has 20 heavy (non-hydrogen) atoms. The molecule has 2 rings (SSSR count). The molecule has 0 amide bonds. The number of nitrogens with zero attached hydrogens (tertiary/aromatic N) is 1. The van der Waals surface area contributed by atoms with E-state index in [1.807, 2.05) is 6.07 Å². The van der Waals surface area contributed by atoms with Crippen LogP contribution in [0.3, 0.4) is 0 Å². The van der Waals surface area contributed by atoms with Crippen molar-refractivity contribution in [3.63, 3.8) is 0 Å². The first kappa shape index (κ1) is 15.3. The van der Waals surface area contributed by atoms with Crippen molar-refractivity contribution in [2.45, 2.75) is 38.3 Å². The van der Waals surface area contributed by atoms with Gasteiger partial charge in [0.05, 0.1) is 7.11 Å². The summed E-state index contributed by atoms with van der Waals surface area (Å²) in [5.74, 6) is 1.91. The first-order valence-electron chi connectivity index (χ1n) is 7.64. The number of rotatable bonds is 8. The molecule has 1 aromatic carbocycles. The highest BCUT2D eigenvalue weighted by Crippen LogP contribution is 2.33. The predicted octanol–water partition coefficient (Wildman–Crippen LogP) is 3.08. The smallest absolute Gasteiger partial charge is 0.119 e. The van der Waals surface area contributed by atoms with E-state index in [0.717, 1.165) is 18.2 Å². The molecule has 1 aromatic rings. The summed E-state index contributed by atoms with van der Waals surface area (Å²) in [4.78, 5) is 2.27. The molecule has 0 aliphatic heterocycles. The van der Waals surface area contributed by atoms with Gasteiger partial charge in [-0.05, 0) is 51.1 Å². The second-order valence-corrected chi connectivity index (χ2v) is 6.24. The summed E-state index contributed by atoms with van der Waals surface area (Å²) in [5, 5.41) is 3.69. The Morgan fingerprint density at radius 3 is 2.70 bits per heavy atom. The zero-order valence-electron chi connectivity index (χ0n) is 13.2. The highest BCUT2D eigenvalue weighted by molar-refractivity contribution is 5.30. The minimum Gasteiger partial charge on any atom is -0.497 e. The average Bonchev–Trinajstić information content (AvgIpc) is 3.22. The van der Waals surface area contributed by atoms with Gasteiger partial charge in [0.25, 0.3) is 0 Å². The second kappa shape index (κ2) is 7.09. The Bertz CT molecular complexity index is 415. The lowest BCUT2D eigenvalue weighted by molar-refractivity contribution is 0.277. The van der Waals surface area contributed by atoms with Gasteiger partial charge < -0.3 is 15.0 Å². The molecule has 112 valence electrons. The third-order valence-corrected chi connectivity index (χ3v) is 4.15. The van der Waals surface area contributed by atoms with E-state index in [9.17, 15) is 0 Å².